The van der Waals surface area contributed by atoms with Crippen LogP contribution in [0.5, 0.6) is 11.5 Å². The van der Waals surface area contributed by atoms with E-state index in [9.17, 15) is 21.6 Å². The average molecular weight is 483 g/mol. The van der Waals surface area contributed by atoms with E-state index in [1.165, 1.54) is 22.5 Å². The standard InChI is InChI=1S/C21H26N2O7S2/c1-4-22(5-2)32(27,28)19-9-6-16(7-10-19)12-18(24)14-23(31(3,25)26)17-8-11-20-21(13-17)30-15-29-20/h6-11,13H,4-5,12,14-15H2,1-3H3. The fourth-order valence-electron chi connectivity index (χ4n) is 3.38. The Balaban J connectivity index is 1.74. The van der Waals surface area contributed by atoms with Gasteiger partial charge in [-0.3, -0.25) is 9.10 Å². The molecule has 0 atom stereocenters. The van der Waals surface area contributed by atoms with Crippen molar-refractivity contribution in [2.45, 2.75) is 25.2 Å². The van der Waals surface area contributed by atoms with Gasteiger partial charge in [0.05, 0.1) is 23.4 Å². The first-order chi connectivity index (χ1) is 15.1. The Morgan fingerprint density at radius 3 is 2.16 bits per heavy atom. The fraction of sp³-hybridized carbons (Fsp3) is 0.381. The second-order valence-corrected chi connectivity index (χ2v) is 11.1. The minimum Gasteiger partial charge on any atom is -0.454 e. The summed E-state index contributed by atoms with van der Waals surface area (Å²) in [6, 6.07) is 10.7. The molecule has 0 saturated carbocycles. The number of carbonyl (C=O) groups is 1. The second kappa shape index (κ2) is 9.47. The quantitative estimate of drug-likeness (QED) is 0.509. The van der Waals surface area contributed by atoms with E-state index in [1.807, 2.05) is 0 Å². The number of hydrogen-bond acceptors (Lipinski definition) is 7. The lowest BCUT2D eigenvalue weighted by molar-refractivity contribution is -0.117. The van der Waals surface area contributed by atoms with Crippen molar-refractivity contribution in [2.75, 3.05) is 37.0 Å². The van der Waals surface area contributed by atoms with Gasteiger partial charge < -0.3 is 9.47 Å². The van der Waals surface area contributed by atoms with Crippen molar-refractivity contribution in [3.63, 3.8) is 0 Å². The molecule has 1 aliphatic rings. The predicted octanol–water partition coefficient (Wildman–Crippen LogP) is 2.02. The number of rotatable bonds is 10. The van der Waals surface area contributed by atoms with Gasteiger partial charge in [0.2, 0.25) is 26.8 Å². The number of sulfonamides is 2. The normalized spacial score (nSPS) is 13.4. The maximum Gasteiger partial charge on any atom is 0.243 e. The largest absolute Gasteiger partial charge is 0.454 e. The summed E-state index contributed by atoms with van der Waals surface area (Å²) in [6.45, 7) is 3.94. The molecule has 0 bridgehead atoms. The van der Waals surface area contributed by atoms with Gasteiger partial charge in [-0.25, -0.2) is 16.8 Å². The van der Waals surface area contributed by atoms with Crippen molar-refractivity contribution < 1.29 is 31.1 Å². The molecule has 32 heavy (non-hydrogen) atoms. The summed E-state index contributed by atoms with van der Waals surface area (Å²) in [5, 5.41) is 0. The summed E-state index contributed by atoms with van der Waals surface area (Å²) >= 11 is 0. The van der Waals surface area contributed by atoms with Crippen molar-refractivity contribution in [1.29, 1.82) is 0 Å². The van der Waals surface area contributed by atoms with Crippen molar-refractivity contribution in [2.24, 2.45) is 0 Å². The average Bonchev–Trinajstić information content (AvgIpc) is 3.20. The molecule has 3 rings (SSSR count). The van der Waals surface area contributed by atoms with Crippen LogP contribution in [0, 0.1) is 0 Å². The molecule has 1 heterocycles. The summed E-state index contributed by atoms with van der Waals surface area (Å²) in [4.78, 5) is 12.8. The lowest BCUT2D eigenvalue weighted by Crippen LogP contribution is -2.35. The summed E-state index contributed by atoms with van der Waals surface area (Å²) in [5.74, 6) is 0.578. The van der Waals surface area contributed by atoms with Gasteiger partial charge in [-0.05, 0) is 29.8 Å². The Morgan fingerprint density at radius 2 is 1.56 bits per heavy atom. The highest BCUT2D eigenvalue weighted by molar-refractivity contribution is 7.92. The van der Waals surface area contributed by atoms with E-state index < -0.39 is 20.0 Å². The summed E-state index contributed by atoms with van der Waals surface area (Å²) in [5.41, 5.74) is 0.887. The van der Waals surface area contributed by atoms with Gasteiger partial charge in [-0.1, -0.05) is 26.0 Å². The maximum absolute atomic E-state index is 12.7. The molecular weight excluding hydrogens is 456 g/mol. The van der Waals surface area contributed by atoms with Crippen LogP contribution >= 0.6 is 0 Å². The number of ether oxygens (including phenoxy) is 2. The van der Waals surface area contributed by atoms with Crippen LogP contribution in [0.4, 0.5) is 5.69 Å². The summed E-state index contributed by atoms with van der Waals surface area (Å²) in [6.07, 6.45) is 0.986. The third-order valence-electron chi connectivity index (χ3n) is 5.03. The monoisotopic (exact) mass is 482 g/mol. The smallest absolute Gasteiger partial charge is 0.243 e. The molecule has 11 heteroatoms. The van der Waals surface area contributed by atoms with Crippen LogP contribution in [0.3, 0.4) is 0 Å². The minimum atomic E-state index is -3.73. The second-order valence-electron chi connectivity index (χ2n) is 7.26. The minimum absolute atomic E-state index is 0.0395. The molecular formula is C21H26N2O7S2. The zero-order valence-electron chi connectivity index (χ0n) is 18.1. The van der Waals surface area contributed by atoms with Crippen LogP contribution in [-0.4, -0.2) is 59.6 Å². The van der Waals surface area contributed by atoms with Crippen LogP contribution < -0.4 is 13.8 Å². The molecule has 0 saturated heterocycles. The van der Waals surface area contributed by atoms with Crippen LogP contribution in [0.15, 0.2) is 47.4 Å². The van der Waals surface area contributed by atoms with Gasteiger partial charge in [0.15, 0.2) is 17.3 Å². The number of Topliss-reactive ketones (excluding diaryl/α,β-unsaturated/α-hetero) is 1. The number of benzene rings is 2. The fourth-order valence-corrected chi connectivity index (χ4v) is 5.71. The maximum atomic E-state index is 12.7. The molecule has 1 aliphatic heterocycles. The van der Waals surface area contributed by atoms with Crippen LogP contribution in [0.1, 0.15) is 19.4 Å². The molecule has 0 unspecified atom stereocenters. The lowest BCUT2D eigenvalue weighted by Gasteiger charge is -2.22. The molecule has 9 nitrogen and oxygen atoms in total. The van der Waals surface area contributed by atoms with Crippen molar-refractivity contribution >= 4 is 31.5 Å². The molecule has 0 aromatic heterocycles. The van der Waals surface area contributed by atoms with Crippen LogP contribution in [0.2, 0.25) is 0 Å². The zero-order chi connectivity index (χ0) is 23.5. The number of ketones is 1. The third-order valence-corrected chi connectivity index (χ3v) is 8.24. The molecule has 174 valence electrons. The number of nitrogens with zero attached hydrogens (tertiary/aromatic N) is 2. The Hall–Kier alpha value is -2.63. The number of hydrogen-bond donors (Lipinski definition) is 0. The topological polar surface area (TPSA) is 110 Å². The van der Waals surface area contributed by atoms with E-state index >= 15 is 0 Å². The van der Waals surface area contributed by atoms with Gasteiger partial charge >= 0.3 is 0 Å². The van der Waals surface area contributed by atoms with Crippen molar-refractivity contribution in [3.05, 3.63) is 48.0 Å². The Labute approximate surface area is 188 Å². The molecule has 0 N–H and O–H groups in total. The Bertz CT molecular complexity index is 1190. The lowest BCUT2D eigenvalue weighted by atomic mass is 10.1. The van der Waals surface area contributed by atoms with Crippen molar-refractivity contribution in [1.82, 2.24) is 4.31 Å². The molecule has 2 aromatic rings. The summed E-state index contributed by atoms with van der Waals surface area (Å²) < 4.78 is 62.7. The molecule has 0 radical (unpaired) electrons. The van der Waals surface area contributed by atoms with Crippen molar-refractivity contribution in [3.8, 4) is 11.5 Å². The number of carbonyl (C=O) groups excluding carboxylic acids is 1. The van der Waals surface area contributed by atoms with Crippen LogP contribution in [0.25, 0.3) is 0 Å². The molecule has 0 aliphatic carbocycles. The molecule has 0 amide bonds. The van der Waals surface area contributed by atoms with E-state index in [0.717, 1.165) is 10.6 Å². The summed E-state index contributed by atoms with van der Waals surface area (Å²) in [7, 11) is -7.32. The Morgan fingerprint density at radius 1 is 0.938 bits per heavy atom. The van der Waals surface area contributed by atoms with Crippen LogP contribution in [-0.2, 0) is 31.3 Å². The van der Waals surface area contributed by atoms with E-state index in [1.54, 1.807) is 38.1 Å². The van der Waals surface area contributed by atoms with Gasteiger partial charge in [-0.15, -0.1) is 0 Å². The van der Waals surface area contributed by atoms with Gasteiger partial charge in [0.1, 0.15) is 0 Å². The third kappa shape index (κ3) is 5.22. The first-order valence-electron chi connectivity index (χ1n) is 10.0. The highest BCUT2D eigenvalue weighted by Gasteiger charge is 2.24. The highest BCUT2D eigenvalue weighted by atomic mass is 32.2. The van der Waals surface area contributed by atoms with Gasteiger partial charge in [0.25, 0.3) is 0 Å². The zero-order valence-corrected chi connectivity index (χ0v) is 19.8. The number of fused-ring (bicyclic) bond motifs is 1. The predicted molar refractivity (Wildman–Crippen MR) is 120 cm³/mol. The van der Waals surface area contributed by atoms with E-state index in [2.05, 4.69) is 0 Å². The molecule has 0 fully saturated rings. The van der Waals surface area contributed by atoms with Gasteiger partial charge in [0, 0.05) is 25.6 Å². The Kier molecular flexibility index (Phi) is 7.11. The first kappa shape index (κ1) is 24.0. The molecule has 0 spiro atoms. The van der Waals surface area contributed by atoms with E-state index in [4.69, 9.17) is 9.47 Å². The van der Waals surface area contributed by atoms with Gasteiger partial charge in [-0.2, -0.15) is 4.31 Å². The number of anilines is 1. The van der Waals surface area contributed by atoms with E-state index in [-0.39, 0.29) is 30.4 Å². The molecule has 2 aromatic carbocycles. The first-order valence-corrected chi connectivity index (χ1v) is 13.3. The SMILES string of the molecule is CCN(CC)S(=O)(=O)c1ccc(CC(=O)CN(c2ccc3c(c2)OCO3)S(C)(=O)=O)cc1. The highest BCUT2D eigenvalue weighted by Crippen LogP contribution is 2.36. The van der Waals surface area contributed by atoms with E-state index in [0.29, 0.717) is 35.8 Å².